The van der Waals surface area contributed by atoms with Gasteiger partial charge in [0.1, 0.15) is 0 Å². The summed E-state index contributed by atoms with van der Waals surface area (Å²) in [6.45, 7) is 4.09. The minimum Gasteiger partial charge on any atom is -0.315 e. The Morgan fingerprint density at radius 2 is 1.68 bits per heavy atom. The van der Waals surface area contributed by atoms with Gasteiger partial charge in [-0.05, 0) is 49.6 Å². The first-order chi connectivity index (χ1) is 13.6. The Balaban J connectivity index is 1.35. The summed E-state index contributed by atoms with van der Waals surface area (Å²) in [5.74, 6) is 0.187. The van der Waals surface area contributed by atoms with Gasteiger partial charge >= 0.3 is 0 Å². The SMILES string of the molecule is CN(C(=O)CCN1CCC2(CC1)c1ccccc1CCN2C)c1ccccc1. The number of fused-ring (bicyclic) bond motifs is 2. The molecule has 0 aliphatic carbocycles. The number of rotatable bonds is 4. The van der Waals surface area contributed by atoms with Crippen LogP contribution in [0.15, 0.2) is 54.6 Å². The van der Waals surface area contributed by atoms with Gasteiger partial charge in [0.15, 0.2) is 0 Å². The Hall–Kier alpha value is -2.17. The molecule has 2 aliphatic rings. The van der Waals surface area contributed by atoms with Crippen LogP contribution in [-0.2, 0) is 16.8 Å². The molecule has 0 saturated carbocycles. The van der Waals surface area contributed by atoms with Crippen LogP contribution in [0.1, 0.15) is 30.4 Å². The average molecular weight is 378 g/mol. The van der Waals surface area contributed by atoms with E-state index in [1.165, 1.54) is 11.1 Å². The van der Waals surface area contributed by atoms with E-state index in [1.54, 1.807) is 4.90 Å². The molecule has 2 aromatic rings. The molecular weight excluding hydrogens is 346 g/mol. The predicted octanol–water partition coefficient (Wildman–Crippen LogP) is 3.52. The predicted molar refractivity (Wildman–Crippen MR) is 115 cm³/mol. The van der Waals surface area contributed by atoms with E-state index < -0.39 is 0 Å². The monoisotopic (exact) mass is 377 g/mol. The van der Waals surface area contributed by atoms with E-state index in [4.69, 9.17) is 0 Å². The van der Waals surface area contributed by atoms with Crippen LogP contribution in [0.3, 0.4) is 0 Å². The quantitative estimate of drug-likeness (QED) is 0.816. The number of likely N-dealkylation sites (tertiary alicyclic amines) is 1. The van der Waals surface area contributed by atoms with Crippen molar-refractivity contribution in [2.75, 3.05) is 45.2 Å². The van der Waals surface area contributed by atoms with Gasteiger partial charge in [0, 0.05) is 50.9 Å². The number of para-hydroxylation sites is 1. The van der Waals surface area contributed by atoms with E-state index in [0.29, 0.717) is 6.42 Å². The van der Waals surface area contributed by atoms with Crippen molar-refractivity contribution in [3.05, 3.63) is 65.7 Å². The van der Waals surface area contributed by atoms with Crippen LogP contribution in [0.4, 0.5) is 5.69 Å². The Morgan fingerprint density at radius 3 is 2.43 bits per heavy atom. The van der Waals surface area contributed by atoms with Gasteiger partial charge in [-0.2, -0.15) is 0 Å². The molecule has 148 valence electrons. The molecule has 0 radical (unpaired) electrons. The highest BCUT2D eigenvalue weighted by Gasteiger charge is 2.42. The first-order valence-corrected chi connectivity index (χ1v) is 10.4. The molecule has 2 aromatic carbocycles. The highest BCUT2D eigenvalue weighted by molar-refractivity contribution is 5.92. The van der Waals surface area contributed by atoms with Gasteiger partial charge < -0.3 is 9.80 Å². The number of carbonyl (C=O) groups is 1. The summed E-state index contributed by atoms with van der Waals surface area (Å²) in [5, 5.41) is 0. The molecule has 0 aromatic heterocycles. The van der Waals surface area contributed by atoms with Crippen LogP contribution in [0.5, 0.6) is 0 Å². The standard InChI is InChI=1S/C24H31N3O/c1-25-16-12-20-8-6-7-11-22(20)24(25)14-18-27(19-15-24)17-13-23(28)26(2)21-9-4-3-5-10-21/h3-11H,12-19H2,1-2H3. The van der Waals surface area contributed by atoms with Gasteiger partial charge in [0.25, 0.3) is 0 Å². The van der Waals surface area contributed by atoms with E-state index in [0.717, 1.165) is 51.1 Å². The number of carbonyl (C=O) groups excluding carboxylic acids is 1. The fourth-order valence-electron chi connectivity index (χ4n) is 4.91. The molecule has 2 heterocycles. The summed E-state index contributed by atoms with van der Waals surface area (Å²) in [6, 6.07) is 18.9. The Labute approximate surface area is 168 Å². The zero-order valence-corrected chi connectivity index (χ0v) is 17.1. The molecule has 4 nitrogen and oxygen atoms in total. The lowest BCUT2D eigenvalue weighted by molar-refractivity contribution is -0.118. The maximum absolute atomic E-state index is 12.6. The second-order valence-electron chi connectivity index (χ2n) is 8.24. The number of hydrogen-bond donors (Lipinski definition) is 0. The normalized spacial score (nSPS) is 19.4. The van der Waals surface area contributed by atoms with Gasteiger partial charge in [-0.25, -0.2) is 0 Å². The summed E-state index contributed by atoms with van der Waals surface area (Å²) in [6.07, 6.45) is 4.01. The fraction of sp³-hybridized carbons (Fsp3) is 0.458. The molecule has 2 aliphatic heterocycles. The van der Waals surface area contributed by atoms with Crippen molar-refractivity contribution in [3.8, 4) is 0 Å². The van der Waals surface area contributed by atoms with Gasteiger partial charge in [-0.15, -0.1) is 0 Å². The summed E-state index contributed by atoms with van der Waals surface area (Å²) < 4.78 is 0. The molecular formula is C24H31N3O. The largest absolute Gasteiger partial charge is 0.315 e. The molecule has 0 unspecified atom stereocenters. The van der Waals surface area contributed by atoms with Crippen LogP contribution < -0.4 is 4.90 Å². The highest BCUT2D eigenvalue weighted by Crippen LogP contribution is 2.42. The average Bonchev–Trinajstić information content (AvgIpc) is 2.76. The van der Waals surface area contributed by atoms with Crippen molar-refractivity contribution >= 4 is 11.6 Å². The second-order valence-corrected chi connectivity index (χ2v) is 8.24. The number of piperidine rings is 1. The molecule has 1 fully saturated rings. The minimum absolute atomic E-state index is 0.177. The van der Waals surface area contributed by atoms with Crippen LogP contribution in [0.25, 0.3) is 0 Å². The number of hydrogen-bond acceptors (Lipinski definition) is 3. The third kappa shape index (κ3) is 3.59. The van der Waals surface area contributed by atoms with Crippen molar-refractivity contribution in [2.24, 2.45) is 0 Å². The summed E-state index contributed by atoms with van der Waals surface area (Å²) >= 11 is 0. The van der Waals surface area contributed by atoms with Crippen molar-refractivity contribution < 1.29 is 4.79 Å². The third-order valence-electron chi connectivity index (χ3n) is 6.81. The Morgan fingerprint density at radius 1 is 1.00 bits per heavy atom. The first-order valence-electron chi connectivity index (χ1n) is 10.4. The molecule has 0 N–H and O–H groups in total. The van der Waals surface area contributed by atoms with Crippen molar-refractivity contribution in [1.29, 1.82) is 0 Å². The molecule has 28 heavy (non-hydrogen) atoms. The van der Waals surface area contributed by atoms with Crippen molar-refractivity contribution in [3.63, 3.8) is 0 Å². The van der Waals surface area contributed by atoms with Crippen molar-refractivity contribution in [2.45, 2.75) is 31.2 Å². The summed E-state index contributed by atoms with van der Waals surface area (Å²) in [4.78, 5) is 19.4. The summed E-state index contributed by atoms with van der Waals surface area (Å²) in [5.41, 5.74) is 4.19. The van der Waals surface area contributed by atoms with Gasteiger partial charge in [0.05, 0.1) is 0 Å². The van der Waals surface area contributed by atoms with Crippen LogP contribution in [0, 0.1) is 0 Å². The zero-order valence-electron chi connectivity index (χ0n) is 17.1. The fourth-order valence-corrected chi connectivity index (χ4v) is 4.91. The number of anilines is 1. The molecule has 4 rings (SSSR count). The van der Waals surface area contributed by atoms with Gasteiger partial charge in [-0.1, -0.05) is 42.5 Å². The molecule has 1 spiro atoms. The Bertz CT molecular complexity index is 812. The van der Waals surface area contributed by atoms with E-state index >= 15 is 0 Å². The van der Waals surface area contributed by atoms with Gasteiger partial charge in [0.2, 0.25) is 5.91 Å². The highest BCUT2D eigenvalue weighted by atomic mass is 16.2. The number of amides is 1. The van der Waals surface area contributed by atoms with Crippen LogP contribution in [0.2, 0.25) is 0 Å². The first kappa shape index (κ1) is 19.2. The smallest absolute Gasteiger partial charge is 0.228 e. The van der Waals surface area contributed by atoms with E-state index in [1.807, 2.05) is 37.4 Å². The van der Waals surface area contributed by atoms with Crippen LogP contribution >= 0.6 is 0 Å². The third-order valence-corrected chi connectivity index (χ3v) is 6.81. The van der Waals surface area contributed by atoms with Crippen LogP contribution in [-0.4, -0.2) is 56.0 Å². The van der Waals surface area contributed by atoms with Gasteiger partial charge in [-0.3, -0.25) is 9.69 Å². The second kappa shape index (κ2) is 8.06. The topological polar surface area (TPSA) is 26.8 Å². The van der Waals surface area contributed by atoms with E-state index in [9.17, 15) is 4.79 Å². The number of likely N-dealkylation sites (N-methyl/N-ethyl adjacent to an activating group) is 1. The lowest BCUT2D eigenvalue weighted by atomic mass is 9.74. The minimum atomic E-state index is 0.177. The molecule has 0 atom stereocenters. The molecule has 4 heteroatoms. The lowest BCUT2D eigenvalue weighted by Gasteiger charge is -2.51. The van der Waals surface area contributed by atoms with E-state index in [-0.39, 0.29) is 11.4 Å². The zero-order chi connectivity index (χ0) is 19.6. The van der Waals surface area contributed by atoms with Crippen molar-refractivity contribution in [1.82, 2.24) is 9.80 Å². The number of benzene rings is 2. The molecule has 1 saturated heterocycles. The molecule has 1 amide bonds. The Kier molecular flexibility index (Phi) is 5.51. The summed E-state index contributed by atoms with van der Waals surface area (Å²) in [7, 11) is 4.15. The molecule has 0 bridgehead atoms. The number of nitrogens with zero attached hydrogens (tertiary/aromatic N) is 3. The lowest BCUT2D eigenvalue weighted by Crippen LogP contribution is -2.54. The maximum atomic E-state index is 12.6. The maximum Gasteiger partial charge on any atom is 0.228 e. The van der Waals surface area contributed by atoms with E-state index in [2.05, 4.69) is 41.1 Å².